The Bertz CT molecular complexity index is 357. The molecule has 1 aromatic carbocycles. The molecule has 1 N–H and O–H groups in total. The van der Waals surface area contributed by atoms with E-state index >= 15 is 0 Å². The molecule has 1 aromatic rings. The summed E-state index contributed by atoms with van der Waals surface area (Å²) in [6.45, 7) is 5.73. The number of nitriles is 1. The fourth-order valence-electron chi connectivity index (χ4n) is 1.37. The van der Waals surface area contributed by atoms with Gasteiger partial charge in [0.25, 0.3) is 0 Å². The summed E-state index contributed by atoms with van der Waals surface area (Å²) in [5.74, 6) is 0.754. The van der Waals surface area contributed by atoms with Gasteiger partial charge in [-0.25, -0.2) is 0 Å². The largest absolute Gasteiger partial charge is 0.476 e. The lowest BCUT2D eigenvalue weighted by Crippen LogP contribution is -2.14. The highest BCUT2D eigenvalue weighted by atomic mass is 16.5. The summed E-state index contributed by atoms with van der Waals surface area (Å²) in [7, 11) is 0. The number of benzene rings is 1. The average Bonchev–Trinajstić information content (AvgIpc) is 2.30. The molecule has 3 heteroatoms. The van der Waals surface area contributed by atoms with Crippen LogP contribution in [0, 0.1) is 11.3 Å². The van der Waals surface area contributed by atoms with Gasteiger partial charge in [-0.15, -0.1) is 0 Å². The fourth-order valence-corrected chi connectivity index (χ4v) is 1.37. The van der Waals surface area contributed by atoms with Crippen LogP contribution < -0.4 is 10.1 Å². The third-order valence-electron chi connectivity index (χ3n) is 2.15. The Balaban J connectivity index is 2.54. The minimum Gasteiger partial charge on any atom is -0.476 e. The minimum atomic E-state index is -0.404. The summed E-state index contributed by atoms with van der Waals surface area (Å²) in [6.07, 6.45) is 0.723. The van der Waals surface area contributed by atoms with Gasteiger partial charge in [-0.1, -0.05) is 19.1 Å². The van der Waals surface area contributed by atoms with Gasteiger partial charge in [-0.2, -0.15) is 5.26 Å². The first-order valence-electron chi connectivity index (χ1n) is 5.62. The van der Waals surface area contributed by atoms with Crippen molar-refractivity contribution in [1.82, 2.24) is 5.32 Å². The van der Waals surface area contributed by atoms with Gasteiger partial charge in [-0.05, 0) is 37.6 Å². The Hall–Kier alpha value is -1.53. The van der Waals surface area contributed by atoms with Gasteiger partial charge >= 0.3 is 0 Å². The Morgan fingerprint density at radius 3 is 3.00 bits per heavy atom. The second-order valence-electron chi connectivity index (χ2n) is 3.71. The van der Waals surface area contributed by atoms with Crippen LogP contribution in [0.3, 0.4) is 0 Å². The topological polar surface area (TPSA) is 45.0 Å². The van der Waals surface area contributed by atoms with Crippen molar-refractivity contribution in [1.29, 1.82) is 5.26 Å². The molecule has 0 aromatic heterocycles. The van der Waals surface area contributed by atoms with Crippen molar-refractivity contribution in [3.63, 3.8) is 0 Å². The zero-order valence-corrected chi connectivity index (χ0v) is 9.86. The zero-order chi connectivity index (χ0) is 11.8. The smallest absolute Gasteiger partial charge is 0.181 e. The third-order valence-corrected chi connectivity index (χ3v) is 2.15. The number of hydrogen-bond acceptors (Lipinski definition) is 3. The molecule has 1 unspecified atom stereocenters. The lowest BCUT2D eigenvalue weighted by atomic mass is 10.2. The number of ether oxygens (including phenoxy) is 1. The number of nitrogens with one attached hydrogen (secondary N) is 1. The summed E-state index contributed by atoms with van der Waals surface area (Å²) in [6, 6.07) is 9.88. The van der Waals surface area contributed by atoms with Crippen molar-refractivity contribution in [2.75, 3.05) is 6.54 Å². The second-order valence-corrected chi connectivity index (χ2v) is 3.71. The Morgan fingerprint density at radius 1 is 1.50 bits per heavy atom. The van der Waals surface area contributed by atoms with Crippen molar-refractivity contribution < 1.29 is 4.74 Å². The molecule has 1 atom stereocenters. The van der Waals surface area contributed by atoms with Gasteiger partial charge in [0.2, 0.25) is 0 Å². The highest BCUT2D eigenvalue weighted by Crippen LogP contribution is 2.14. The van der Waals surface area contributed by atoms with Crippen LogP contribution in [0.15, 0.2) is 24.3 Å². The second kappa shape index (κ2) is 6.86. The Morgan fingerprint density at radius 2 is 2.31 bits per heavy atom. The fraction of sp³-hybridized carbons (Fsp3) is 0.462. The predicted molar refractivity (Wildman–Crippen MR) is 64.1 cm³/mol. The summed E-state index contributed by atoms with van der Waals surface area (Å²) in [4.78, 5) is 0. The van der Waals surface area contributed by atoms with Crippen LogP contribution in [0.1, 0.15) is 25.8 Å². The van der Waals surface area contributed by atoms with Crippen LogP contribution >= 0.6 is 0 Å². The molecule has 0 aliphatic heterocycles. The molecular formula is C13H18N2O. The van der Waals surface area contributed by atoms with E-state index in [0.29, 0.717) is 0 Å². The summed E-state index contributed by atoms with van der Waals surface area (Å²) in [5, 5.41) is 12.0. The molecule has 0 spiro atoms. The molecular weight excluding hydrogens is 200 g/mol. The van der Waals surface area contributed by atoms with Gasteiger partial charge in [0.15, 0.2) is 6.10 Å². The van der Waals surface area contributed by atoms with Gasteiger partial charge in [0, 0.05) is 6.54 Å². The molecule has 86 valence electrons. The first kappa shape index (κ1) is 12.5. The van der Waals surface area contributed by atoms with Crippen LogP contribution in [0.4, 0.5) is 0 Å². The molecule has 0 radical (unpaired) electrons. The monoisotopic (exact) mass is 218 g/mol. The van der Waals surface area contributed by atoms with Crippen LogP contribution in [0.5, 0.6) is 5.75 Å². The van der Waals surface area contributed by atoms with E-state index in [1.807, 2.05) is 30.3 Å². The molecule has 1 rings (SSSR count). The van der Waals surface area contributed by atoms with Crippen molar-refractivity contribution in [3.8, 4) is 11.8 Å². The van der Waals surface area contributed by atoms with E-state index in [-0.39, 0.29) is 0 Å². The highest BCUT2D eigenvalue weighted by Gasteiger charge is 2.01. The lowest BCUT2D eigenvalue weighted by Gasteiger charge is -2.09. The zero-order valence-electron chi connectivity index (χ0n) is 9.86. The molecule has 0 heterocycles. The molecule has 0 amide bonds. The van der Waals surface area contributed by atoms with Crippen LogP contribution in [0.2, 0.25) is 0 Å². The molecule has 0 aliphatic rings. The van der Waals surface area contributed by atoms with E-state index in [2.05, 4.69) is 12.2 Å². The standard InChI is InChI=1S/C13H18N2O/c1-3-7-15-10-12-5-4-6-13(8-12)16-11(2)9-14/h4-6,8,11,15H,3,7,10H2,1-2H3. The highest BCUT2D eigenvalue weighted by molar-refractivity contribution is 5.29. The van der Waals surface area contributed by atoms with Gasteiger partial charge in [-0.3, -0.25) is 0 Å². The predicted octanol–water partition coefficient (Wildman–Crippen LogP) is 2.48. The van der Waals surface area contributed by atoms with Crippen LogP contribution in [-0.2, 0) is 6.54 Å². The van der Waals surface area contributed by atoms with Crippen molar-refractivity contribution in [2.24, 2.45) is 0 Å². The van der Waals surface area contributed by atoms with E-state index < -0.39 is 6.10 Å². The summed E-state index contributed by atoms with van der Waals surface area (Å²) >= 11 is 0. The maximum absolute atomic E-state index is 8.65. The molecule has 0 saturated heterocycles. The van der Waals surface area contributed by atoms with Crippen LogP contribution in [0.25, 0.3) is 0 Å². The van der Waals surface area contributed by atoms with E-state index in [9.17, 15) is 0 Å². The molecule has 0 bridgehead atoms. The molecule has 3 nitrogen and oxygen atoms in total. The Labute approximate surface area is 97.0 Å². The average molecular weight is 218 g/mol. The lowest BCUT2D eigenvalue weighted by molar-refractivity contribution is 0.276. The SMILES string of the molecule is CCCNCc1cccc(OC(C)C#N)c1. The number of hydrogen-bond donors (Lipinski definition) is 1. The molecule has 0 aliphatic carbocycles. The number of rotatable bonds is 6. The quantitative estimate of drug-likeness (QED) is 0.746. The van der Waals surface area contributed by atoms with Crippen molar-refractivity contribution in [3.05, 3.63) is 29.8 Å². The normalized spacial score (nSPS) is 11.8. The number of nitrogens with zero attached hydrogens (tertiary/aromatic N) is 1. The summed E-state index contributed by atoms with van der Waals surface area (Å²) in [5.41, 5.74) is 1.18. The van der Waals surface area contributed by atoms with E-state index in [0.717, 1.165) is 25.3 Å². The van der Waals surface area contributed by atoms with E-state index in [1.54, 1.807) is 6.92 Å². The maximum atomic E-state index is 8.65. The summed E-state index contributed by atoms with van der Waals surface area (Å²) < 4.78 is 5.42. The Kier molecular flexibility index (Phi) is 5.38. The maximum Gasteiger partial charge on any atom is 0.181 e. The van der Waals surface area contributed by atoms with Crippen molar-refractivity contribution >= 4 is 0 Å². The first-order valence-corrected chi connectivity index (χ1v) is 5.62. The van der Waals surface area contributed by atoms with E-state index in [4.69, 9.17) is 10.00 Å². The van der Waals surface area contributed by atoms with Gasteiger partial charge in [0.05, 0.1) is 0 Å². The molecule has 16 heavy (non-hydrogen) atoms. The molecule has 0 saturated carbocycles. The first-order chi connectivity index (χ1) is 7.76. The van der Waals surface area contributed by atoms with E-state index in [1.165, 1.54) is 5.56 Å². The van der Waals surface area contributed by atoms with Crippen LogP contribution in [-0.4, -0.2) is 12.6 Å². The molecule has 0 fully saturated rings. The van der Waals surface area contributed by atoms with Gasteiger partial charge in [0.1, 0.15) is 11.8 Å². The minimum absolute atomic E-state index is 0.404. The third kappa shape index (κ3) is 4.33. The van der Waals surface area contributed by atoms with Gasteiger partial charge < -0.3 is 10.1 Å². The van der Waals surface area contributed by atoms with Crippen molar-refractivity contribution in [2.45, 2.75) is 32.9 Å².